The Kier molecular flexibility index (Phi) is 3.70. The van der Waals surface area contributed by atoms with E-state index in [9.17, 15) is 4.39 Å². The van der Waals surface area contributed by atoms with Crippen LogP contribution in [-0.2, 0) is 20.1 Å². The van der Waals surface area contributed by atoms with E-state index in [1.54, 1.807) is 23.0 Å². The molecule has 0 aliphatic rings. The Labute approximate surface area is 105 Å². The Morgan fingerprint density at radius 1 is 1.39 bits per heavy atom. The van der Waals surface area contributed by atoms with E-state index in [4.69, 9.17) is 5.26 Å². The Bertz CT molecular complexity index is 583. The molecule has 18 heavy (non-hydrogen) atoms. The van der Waals surface area contributed by atoms with Gasteiger partial charge in [0.05, 0.1) is 11.8 Å². The van der Waals surface area contributed by atoms with Crippen molar-refractivity contribution in [2.24, 2.45) is 7.05 Å². The van der Waals surface area contributed by atoms with E-state index in [1.165, 1.54) is 6.07 Å². The Balaban J connectivity index is 1.93. The predicted molar refractivity (Wildman–Crippen MR) is 64.9 cm³/mol. The zero-order chi connectivity index (χ0) is 13.0. The van der Waals surface area contributed by atoms with Gasteiger partial charge in [0.25, 0.3) is 0 Å². The lowest BCUT2D eigenvalue weighted by molar-refractivity contribution is 0.621. The number of aromatic nitrogens is 2. The van der Waals surface area contributed by atoms with Crippen LogP contribution in [0, 0.1) is 17.1 Å². The molecule has 5 heteroatoms. The van der Waals surface area contributed by atoms with Crippen molar-refractivity contribution >= 4 is 0 Å². The molecule has 0 saturated carbocycles. The van der Waals surface area contributed by atoms with Gasteiger partial charge in [-0.05, 0) is 17.7 Å². The highest BCUT2D eigenvalue weighted by atomic mass is 19.1. The zero-order valence-electron chi connectivity index (χ0n) is 10.0. The van der Waals surface area contributed by atoms with Crippen molar-refractivity contribution in [2.75, 3.05) is 0 Å². The van der Waals surface area contributed by atoms with Crippen molar-refractivity contribution in [1.82, 2.24) is 15.1 Å². The lowest BCUT2D eigenvalue weighted by Gasteiger charge is -2.04. The SMILES string of the molecule is Cn1cc(CNCc2ccc(F)c(C#N)c2)cn1. The average Bonchev–Trinajstić information content (AvgIpc) is 2.77. The van der Waals surface area contributed by atoms with Crippen LogP contribution in [0.4, 0.5) is 4.39 Å². The number of rotatable bonds is 4. The van der Waals surface area contributed by atoms with E-state index in [0.29, 0.717) is 13.1 Å². The van der Waals surface area contributed by atoms with Crippen LogP contribution < -0.4 is 5.32 Å². The van der Waals surface area contributed by atoms with Crippen LogP contribution in [0.3, 0.4) is 0 Å². The highest BCUT2D eigenvalue weighted by Crippen LogP contribution is 2.09. The van der Waals surface area contributed by atoms with Crippen molar-refractivity contribution in [3.63, 3.8) is 0 Å². The van der Waals surface area contributed by atoms with Gasteiger partial charge in [0, 0.05) is 31.9 Å². The number of nitrogens with zero attached hydrogens (tertiary/aromatic N) is 3. The van der Waals surface area contributed by atoms with Crippen LogP contribution in [0.2, 0.25) is 0 Å². The molecule has 2 aromatic rings. The molecule has 0 aliphatic heterocycles. The summed E-state index contributed by atoms with van der Waals surface area (Å²) < 4.78 is 14.8. The lowest BCUT2D eigenvalue weighted by Crippen LogP contribution is -2.12. The van der Waals surface area contributed by atoms with Gasteiger partial charge in [-0.2, -0.15) is 10.4 Å². The summed E-state index contributed by atoms with van der Waals surface area (Å²) in [6, 6.07) is 6.38. The average molecular weight is 244 g/mol. The minimum Gasteiger partial charge on any atom is -0.309 e. The van der Waals surface area contributed by atoms with E-state index < -0.39 is 5.82 Å². The summed E-state index contributed by atoms with van der Waals surface area (Å²) in [5.74, 6) is -0.478. The Morgan fingerprint density at radius 3 is 2.83 bits per heavy atom. The number of nitriles is 1. The highest BCUT2D eigenvalue weighted by Gasteiger charge is 2.02. The van der Waals surface area contributed by atoms with Crippen LogP contribution in [0.15, 0.2) is 30.6 Å². The lowest BCUT2D eigenvalue weighted by atomic mass is 10.1. The molecule has 1 aromatic heterocycles. The monoisotopic (exact) mass is 244 g/mol. The minimum absolute atomic E-state index is 0.0793. The first kappa shape index (κ1) is 12.3. The first-order valence-corrected chi connectivity index (χ1v) is 5.56. The molecule has 0 saturated heterocycles. The molecule has 0 radical (unpaired) electrons. The third-order valence-corrected chi connectivity index (χ3v) is 2.57. The maximum atomic E-state index is 13.1. The van der Waals surface area contributed by atoms with Gasteiger partial charge in [-0.15, -0.1) is 0 Å². The zero-order valence-corrected chi connectivity index (χ0v) is 10.0. The normalized spacial score (nSPS) is 10.3. The van der Waals surface area contributed by atoms with E-state index in [-0.39, 0.29) is 5.56 Å². The van der Waals surface area contributed by atoms with Crippen LogP contribution in [-0.4, -0.2) is 9.78 Å². The maximum Gasteiger partial charge on any atom is 0.140 e. The fourth-order valence-corrected chi connectivity index (χ4v) is 1.68. The number of hydrogen-bond acceptors (Lipinski definition) is 3. The molecule has 0 atom stereocenters. The van der Waals surface area contributed by atoms with Crippen molar-refractivity contribution in [3.05, 3.63) is 53.1 Å². The van der Waals surface area contributed by atoms with E-state index in [2.05, 4.69) is 10.4 Å². The second-order valence-corrected chi connectivity index (χ2v) is 4.05. The minimum atomic E-state index is -0.478. The van der Waals surface area contributed by atoms with Gasteiger partial charge in [0.1, 0.15) is 11.9 Å². The van der Waals surface area contributed by atoms with Crippen molar-refractivity contribution in [2.45, 2.75) is 13.1 Å². The molecule has 0 aliphatic carbocycles. The van der Waals surface area contributed by atoms with Crippen molar-refractivity contribution in [1.29, 1.82) is 5.26 Å². The second-order valence-electron chi connectivity index (χ2n) is 4.05. The number of halogens is 1. The van der Waals surface area contributed by atoms with Gasteiger partial charge in [-0.3, -0.25) is 4.68 Å². The van der Waals surface area contributed by atoms with Crippen LogP contribution >= 0.6 is 0 Å². The van der Waals surface area contributed by atoms with Crippen LogP contribution in [0.5, 0.6) is 0 Å². The van der Waals surface area contributed by atoms with Gasteiger partial charge in [0.2, 0.25) is 0 Å². The molecule has 0 amide bonds. The highest BCUT2D eigenvalue weighted by molar-refractivity contribution is 5.34. The topological polar surface area (TPSA) is 53.6 Å². The van der Waals surface area contributed by atoms with Crippen molar-refractivity contribution < 1.29 is 4.39 Å². The van der Waals surface area contributed by atoms with E-state index in [1.807, 2.05) is 19.3 Å². The number of aryl methyl sites for hydroxylation is 1. The molecule has 92 valence electrons. The molecule has 1 N–H and O–H groups in total. The summed E-state index contributed by atoms with van der Waals surface area (Å²) in [5, 5.41) is 16.0. The summed E-state index contributed by atoms with van der Waals surface area (Å²) in [7, 11) is 1.86. The Hall–Kier alpha value is -2.19. The van der Waals surface area contributed by atoms with Gasteiger partial charge in [0.15, 0.2) is 0 Å². The first-order chi connectivity index (χ1) is 8.69. The molecule has 0 spiro atoms. The number of benzene rings is 1. The second kappa shape index (κ2) is 5.43. The van der Waals surface area contributed by atoms with E-state index in [0.717, 1.165) is 11.1 Å². The fraction of sp³-hybridized carbons (Fsp3) is 0.231. The molecule has 0 bridgehead atoms. The summed E-state index contributed by atoms with van der Waals surface area (Å²) in [6.07, 6.45) is 3.72. The smallest absolute Gasteiger partial charge is 0.140 e. The van der Waals surface area contributed by atoms with Gasteiger partial charge in [-0.25, -0.2) is 4.39 Å². The maximum absolute atomic E-state index is 13.1. The third-order valence-electron chi connectivity index (χ3n) is 2.57. The van der Waals surface area contributed by atoms with Crippen LogP contribution in [0.1, 0.15) is 16.7 Å². The molecule has 0 unspecified atom stereocenters. The van der Waals surface area contributed by atoms with Crippen LogP contribution in [0.25, 0.3) is 0 Å². The molecular weight excluding hydrogens is 231 g/mol. The molecule has 4 nitrogen and oxygen atoms in total. The number of hydrogen-bond donors (Lipinski definition) is 1. The third kappa shape index (κ3) is 2.93. The Morgan fingerprint density at radius 2 is 2.17 bits per heavy atom. The summed E-state index contributed by atoms with van der Waals surface area (Å²) in [4.78, 5) is 0. The molecule has 2 rings (SSSR count). The fourth-order valence-electron chi connectivity index (χ4n) is 1.68. The molecule has 1 heterocycles. The largest absolute Gasteiger partial charge is 0.309 e. The standard InChI is InChI=1S/C13H13FN4/c1-18-9-11(8-17-18)7-16-6-10-2-3-13(14)12(4-10)5-15/h2-4,8-9,16H,6-7H2,1H3. The van der Waals surface area contributed by atoms with Gasteiger partial charge >= 0.3 is 0 Å². The van der Waals surface area contributed by atoms with E-state index >= 15 is 0 Å². The van der Waals surface area contributed by atoms with Crippen molar-refractivity contribution in [3.8, 4) is 6.07 Å². The quantitative estimate of drug-likeness (QED) is 0.891. The predicted octanol–water partition coefficient (Wildman–Crippen LogP) is 1.72. The number of nitrogens with one attached hydrogen (secondary N) is 1. The summed E-state index contributed by atoms with van der Waals surface area (Å²) >= 11 is 0. The summed E-state index contributed by atoms with van der Waals surface area (Å²) in [5.41, 5.74) is 2.05. The molecule has 0 fully saturated rings. The molecule has 1 aromatic carbocycles. The van der Waals surface area contributed by atoms with Gasteiger partial charge < -0.3 is 5.32 Å². The molecular formula is C13H13FN4. The van der Waals surface area contributed by atoms with Gasteiger partial charge in [-0.1, -0.05) is 6.07 Å². The summed E-state index contributed by atoms with van der Waals surface area (Å²) in [6.45, 7) is 1.27. The first-order valence-electron chi connectivity index (χ1n) is 5.56.